The Morgan fingerprint density at radius 2 is 1.39 bits per heavy atom. The van der Waals surface area contributed by atoms with Gasteiger partial charge >= 0.3 is 0 Å². The van der Waals surface area contributed by atoms with Gasteiger partial charge in [-0.1, -0.05) is 84.9 Å². The summed E-state index contributed by atoms with van der Waals surface area (Å²) in [5.74, 6) is 0.212. The highest BCUT2D eigenvalue weighted by Gasteiger charge is 2.33. The summed E-state index contributed by atoms with van der Waals surface area (Å²) >= 11 is 0. The molecule has 3 aromatic rings. The maximum atomic E-state index is 12.8. The molecule has 5 rings (SSSR count). The number of carbonyl (C=O) groups is 1. The van der Waals surface area contributed by atoms with Gasteiger partial charge in [-0.25, -0.2) is 0 Å². The summed E-state index contributed by atoms with van der Waals surface area (Å²) in [6.45, 7) is 3.75. The summed E-state index contributed by atoms with van der Waals surface area (Å²) in [5, 5.41) is 0. The molecule has 31 heavy (non-hydrogen) atoms. The summed E-state index contributed by atoms with van der Waals surface area (Å²) in [7, 11) is 0. The zero-order valence-electron chi connectivity index (χ0n) is 17.8. The molecule has 0 radical (unpaired) electrons. The molecule has 2 aliphatic rings. The Morgan fingerprint density at radius 1 is 0.806 bits per heavy atom. The molecule has 0 saturated carbocycles. The van der Waals surface area contributed by atoms with Gasteiger partial charge in [-0.05, 0) is 41.2 Å². The molecule has 2 heterocycles. The number of amides is 1. The summed E-state index contributed by atoms with van der Waals surface area (Å²) in [6.07, 6.45) is 4.45. The fourth-order valence-corrected chi connectivity index (χ4v) is 4.84. The molecule has 0 unspecified atom stereocenters. The second-order valence-corrected chi connectivity index (χ2v) is 8.47. The molecule has 0 spiro atoms. The fourth-order valence-electron chi connectivity index (χ4n) is 4.84. The molecule has 1 saturated heterocycles. The van der Waals surface area contributed by atoms with Gasteiger partial charge in [0.15, 0.2) is 0 Å². The lowest BCUT2D eigenvalue weighted by atomic mass is 9.97. The van der Waals surface area contributed by atoms with Crippen LogP contribution in [-0.2, 0) is 6.54 Å². The van der Waals surface area contributed by atoms with Crippen molar-refractivity contribution >= 4 is 11.5 Å². The largest absolute Gasteiger partial charge is 0.331 e. The van der Waals surface area contributed by atoms with E-state index in [1.54, 1.807) is 0 Å². The number of hydrogen-bond donors (Lipinski definition) is 0. The van der Waals surface area contributed by atoms with Gasteiger partial charge in [0.2, 0.25) is 0 Å². The number of hydrogen-bond acceptors (Lipinski definition) is 2. The Morgan fingerprint density at radius 3 is 2.00 bits per heavy atom. The molecule has 156 valence electrons. The van der Waals surface area contributed by atoms with Crippen LogP contribution in [0.25, 0.3) is 5.57 Å². The molecule has 0 aromatic heterocycles. The van der Waals surface area contributed by atoms with Crippen molar-refractivity contribution < 1.29 is 4.79 Å². The average Bonchev–Trinajstić information content (AvgIpc) is 3.18. The Hall–Kier alpha value is -3.17. The van der Waals surface area contributed by atoms with Crippen LogP contribution in [0.15, 0.2) is 91.0 Å². The fraction of sp³-hybridized carbons (Fsp3) is 0.250. The van der Waals surface area contributed by atoms with Crippen molar-refractivity contribution in [2.75, 3.05) is 19.6 Å². The molecule has 0 aliphatic carbocycles. The molecule has 0 bridgehead atoms. The molecule has 3 aromatic carbocycles. The lowest BCUT2D eigenvalue weighted by molar-refractivity contribution is 0.0607. The minimum absolute atomic E-state index is 0.212. The van der Waals surface area contributed by atoms with Gasteiger partial charge in [0.05, 0.1) is 0 Å². The van der Waals surface area contributed by atoms with Crippen molar-refractivity contribution in [3.8, 4) is 0 Å². The van der Waals surface area contributed by atoms with Crippen LogP contribution in [0.2, 0.25) is 0 Å². The second-order valence-electron chi connectivity index (χ2n) is 8.47. The van der Waals surface area contributed by atoms with Crippen molar-refractivity contribution in [3.63, 3.8) is 0 Å². The van der Waals surface area contributed by atoms with Gasteiger partial charge in [0.1, 0.15) is 0 Å². The molecular formula is C28H28N2O. The van der Waals surface area contributed by atoms with E-state index in [1.807, 2.05) is 18.2 Å². The van der Waals surface area contributed by atoms with E-state index >= 15 is 0 Å². The van der Waals surface area contributed by atoms with Crippen LogP contribution < -0.4 is 0 Å². The SMILES string of the molecule is O=C1c2ccccc2CN1C1CCN(CC=C(c2ccccc2)c2ccccc2)CC1. The number of piperidine rings is 1. The zero-order valence-corrected chi connectivity index (χ0v) is 17.8. The van der Waals surface area contributed by atoms with Crippen LogP contribution in [0.1, 0.15) is 39.9 Å². The lowest BCUT2D eigenvalue weighted by Crippen LogP contribution is -2.45. The standard InChI is InChI=1S/C28H28N2O/c31-28-27-14-8-7-13-24(27)21-30(28)25-15-18-29(19-16-25)20-17-26(22-9-3-1-4-10-22)23-11-5-2-6-12-23/h1-14,17,25H,15-16,18-21H2. The first-order valence-corrected chi connectivity index (χ1v) is 11.2. The van der Waals surface area contributed by atoms with Gasteiger partial charge in [-0.3, -0.25) is 9.69 Å². The van der Waals surface area contributed by atoms with E-state index < -0.39 is 0 Å². The topological polar surface area (TPSA) is 23.6 Å². The molecule has 2 aliphatic heterocycles. The predicted octanol–water partition coefficient (Wildman–Crippen LogP) is 5.24. The van der Waals surface area contributed by atoms with Gasteiger partial charge in [0, 0.05) is 37.8 Å². The van der Waals surface area contributed by atoms with Gasteiger partial charge < -0.3 is 4.90 Å². The summed E-state index contributed by atoms with van der Waals surface area (Å²) in [4.78, 5) is 17.4. The van der Waals surface area contributed by atoms with Crippen molar-refractivity contribution in [2.45, 2.75) is 25.4 Å². The van der Waals surface area contributed by atoms with Crippen LogP contribution >= 0.6 is 0 Å². The summed E-state index contributed by atoms with van der Waals surface area (Å²) < 4.78 is 0. The molecular weight excluding hydrogens is 380 g/mol. The monoisotopic (exact) mass is 408 g/mol. The number of rotatable bonds is 5. The van der Waals surface area contributed by atoms with Crippen molar-refractivity contribution in [2.24, 2.45) is 0 Å². The van der Waals surface area contributed by atoms with Crippen molar-refractivity contribution in [1.82, 2.24) is 9.80 Å². The number of carbonyl (C=O) groups excluding carboxylic acids is 1. The molecule has 1 fully saturated rings. The number of likely N-dealkylation sites (tertiary alicyclic amines) is 1. The van der Waals surface area contributed by atoms with Crippen LogP contribution in [0.3, 0.4) is 0 Å². The van der Waals surface area contributed by atoms with Crippen LogP contribution in [0.5, 0.6) is 0 Å². The Kier molecular flexibility index (Phi) is 5.68. The Balaban J connectivity index is 1.25. The van der Waals surface area contributed by atoms with Crippen molar-refractivity contribution in [1.29, 1.82) is 0 Å². The quantitative estimate of drug-likeness (QED) is 0.576. The summed E-state index contributed by atoms with van der Waals surface area (Å²) in [5.41, 5.74) is 5.86. The molecule has 3 heteroatoms. The predicted molar refractivity (Wildman–Crippen MR) is 126 cm³/mol. The first-order chi connectivity index (χ1) is 15.3. The maximum absolute atomic E-state index is 12.8. The maximum Gasteiger partial charge on any atom is 0.254 e. The van der Waals surface area contributed by atoms with E-state index in [9.17, 15) is 4.79 Å². The molecule has 0 atom stereocenters. The Labute approximate surface area is 184 Å². The minimum Gasteiger partial charge on any atom is -0.331 e. The first kappa shape index (κ1) is 19.8. The minimum atomic E-state index is 0.212. The smallest absolute Gasteiger partial charge is 0.254 e. The van der Waals surface area contributed by atoms with Crippen LogP contribution in [0, 0.1) is 0 Å². The third kappa shape index (κ3) is 4.19. The number of fused-ring (bicyclic) bond motifs is 1. The second kappa shape index (κ2) is 8.91. The van der Waals surface area contributed by atoms with Crippen LogP contribution in [0.4, 0.5) is 0 Å². The van der Waals surface area contributed by atoms with Crippen molar-refractivity contribution in [3.05, 3.63) is 113 Å². The summed E-state index contributed by atoms with van der Waals surface area (Å²) in [6, 6.07) is 29.7. The van der Waals surface area contributed by atoms with Gasteiger partial charge in [-0.15, -0.1) is 0 Å². The van der Waals surface area contributed by atoms with Gasteiger partial charge in [0.25, 0.3) is 5.91 Å². The highest BCUT2D eigenvalue weighted by molar-refractivity contribution is 5.98. The number of nitrogens with zero attached hydrogens (tertiary/aromatic N) is 2. The molecule has 0 N–H and O–H groups in total. The third-order valence-electron chi connectivity index (χ3n) is 6.57. The lowest BCUT2D eigenvalue weighted by Gasteiger charge is -2.36. The number of benzene rings is 3. The molecule has 3 nitrogen and oxygen atoms in total. The highest BCUT2D eigenvalue weighted by atomic mass is 16.2. The molecule has 1 amide bonds. The average molecular weight is 409 g/mol. The van der Waals surface area contributed by atoms with Crippen LogP contribution in [-0.4, -0.2) is 41.4 Å². The van der Waals surface area contributed by atoms with E-state index in [0.717, 1.165) is 44.6 Å². The van der Waals surface area contributed by atoms with E-state index in [2.05, 4.69) is 82.6 Å². The van der Waals surface area contributed by atoms with E-state index in [-0.39, 0.29) is 5.91 Å². The van der Waals surface area contributed by atoms with E-state index in [4.69, 9.17) is 0 Å². The Bertz CT molecular complexity index is 1020. The van der Waals surface area contributed by atoms with Gasteiger partial charge in [-0.2, -0.15) is 0 Å². The first-order valence-electron chi connectivity index (χ1n) is 11.2. The van der Waals surface area contributed by atoms with E-state index in [0.29, 0.717) is 6.04 Å². The normalized spacial score (nSPS) is 16.9. The third-order valence-corrected chi connectivity index (χ3v) is 6.57. The zero-order chi connectivity index (χ0) is 21.0. The highest BCUT2D eigenvalue weighted by Crippen LogP contribution is 2.29. The van der Waals surface area contributed by atoms with E-state index in [1.165, 1.54) is 22.3 Å².